The van der Waals surface area contributed by atoms with Crippen LogP contribution >= 0.6 is 0 Å². The van der Waals surface area contributed by atoms with E-state index in [9.17, 15) is 23.1 Å². The van der Waals surface area contributed by atoms with Crippen LogP contribution in [0.4, 0.5) is 19.0 Å². The molecule has 2 aromatic rings. The number of nitrogens with zero attached hydrogens (tertiary/aromatic N) is 3. The molecule has 0 aliphatic carbocycles. The molecule has 0 saturated carbocycles. The molecule has 2 atom stereocenters. The molecule has 11 heteroatoms. The highest BCUT2D eigenvalue weighted by atomic mass is 19.3. The van der Waals surface area contributed by atoms with Gasteiger partial charge >= 0.3 is 0 Å². The van der Waals surface area contributed by atoms with Crippen LogP contribution in [0.2, 0.25) is 0 Å². The number of nitrogens with one attached hydrogen (secondary N) is 1. The largest absolute Gasteiger partial charge is 0.489 e. The maximum atomic E-state index is 14.8. The van der Waals surface area contributed by atoms with E-state index in [1.165, 1.54) is 6.33 Å². The van der Waals surface area contributed by atoms with E-state index in [4.69, 9.17) is 9.47 Å². The Hall–Kier alpha value is -3.08. The van der Waals surface area contributed by atoms with E-state index in [2.05, 4.69) is 15.3 Å². The molecule has 1 aromatic heterocycles. The number of carbonyl (C=O) groups is 1. The molecule has 1 fully saturated rings. The normalized spacial score (nSPS) is 17.1. The van der Waals surface area contributed by atoms with Gasteiger partial charge in [-0.15, -0.1) is 0 Å². The number of halogens is 3. The number of ether oxygens (including phenoxy) is 2. The van der Waals surface area contributed by atoms with E-state index in [0.717, 1.165) is 0 Å². The molecular weight excluding hydrogens is 453 g/mol. The van der Waals surface area contributed by atoms with Crippen LogP contribution in [0.25, 0.3) is 0 Å². The molecule has 34 heavy (non-hydrogen) atoms. The van der Waals surface area contributed by atoms with Gasteiger partial charge in [0.2, 0.25) is 11.7 Å². The first-order valence-electron chi connectivity index (χ1n) is 11.0. The van der Waals surface area contributed by atoms with E-state index < -0.39 is 36.2 Å². The van der Waals surface area contributed by atoms with Crippen molar-refractivity contribution in [2.75, 3.05) is 31.1 Å². The van der Waals surface area contributed by atoms with Crippen LogP contribution in [0.1, 0.15) is 38.7 Å². The standard InChI is InChI=1S/C23H29F3N4O4/c1-14(21(31)27-10-18(24)25)15-4-6-16(7-5-15)34-17-8-9-30(11-17)20-19(26)22(29-13-28-20)33-12-23(2,3)32/h4-7,13-14,17-18,32H,8-12H2,1-3H3,(H,27,31). The average molecular weight is 483 g/mol. The summed E-state index contributed by atoms with van der Waals surface area (Å²) in [5.74, 6) is -1.30. The van der Waals surface area contributed by atoms with Gasteiger partial charge in [0.05, 0.1) is 24.6 Å². The van der Waals surface area contributed by atoms with Gasteiger partial charge in [0.25, 0.3) is 12.3 Å². The van der Waals surface area contributed by atoms with E-state index >= 15 is 0 Å². The van der Waals surface area contributed by atoms with Crippen molar-refractivity contribution < 1.29 is 32.5 Å². The van der Waals surface area contributed by atoms with Gasteiger partial charge in [-0.3, -0.25) is 4.79 Å². The van der Waals surface area contributed by atoms with Gasteiger partial charge in [-0.2, -0.15) is 9.37 Å². The van der Waals surface area contributed by atoms with Crippen LogP contribution in [0, 0.1) is 5.82 Å². The molecule has 2 N–H and O–H groups in total. The zero-order valence-corrected chi connectivity index (χ0v) is 19.3. The molecule has 3 rings (SSSR count). The zero-order valence-electron chi connectivity index (χ0n) is 19.3. The summed E-state index contributed by atoms with van der Waals surface area (Å²) in [7, 11) is 0. The lowest BCUT2D eigenvalue weighted by Crippen LogP contribution is -2.31. The Balaban J connectivity index is 1.57. The molecule has 2 heterocycles. The molecule has 1 saturated heterocycles. The summed E-state index contributed by atoms with van der Waals surface area (Å²) in [6, 6.07) is 6.85. The number of alkyl halides is 2. The van der Waals surface area contributed by atoms with E-state index in [1.807, 2.05) is 0 Å². The van der Waals surface area contributed by atoms with Gasteiger partial charge in [0, 0.05) is 13.0 Å². The van der Waals surface area contributed by atoms with Gasteiger partial charge in [-0.1, -0.05) is 12.1 Å². The first-order chi connectivity index (χ1) is 16.0. The predicted molar refractivity (Wildman–Crippen MR) is 119 cm³/mol. The van der Waals surface area contributed by atoms with E-state index in [1.54, 1.807) is 49.9 Å². The van der Waals surface area contributed by atoms with Gasteiger partial charge in [0.15, 0.2) is 5.82 Å². The monoisotopic (exact) mass is 482 g/mol. The number of aromatic nitrogens is 2. The SMILES string of the molecule is CC(C(=O)NCC(F)F)c1ccc(OC2CCN(c3ncnc(OCC(C)(C)O)c3F)C2)cc1. The van der Waals surface area contributed by atoms with Crippen molar-refractivity contribution in [3.63, 3.8) is 0 Å². The zero-order chi connectivity index (χ0) is 24.9. The fraction of sp³-hybridized carbons (Fsp3) is 0.522. The number of carbonyl (C=O) groups excluding carboxylic acids is 1. The summed E-state index contributed by atoms with van der Waals surface area (Å²) in [6.07, 6.45) is -0.963. The number of amides is 1. The second-order valence-corrected chi connectivity index (χ2v) is 8.82. The summed E-state index contributed by atoms with van der Waals surface area (Å²) < 4.78 is 50.7. The number of anilines is 1. The molecule has 8 nitrogen and oxygen atoms in total. The number of aliphatic hydroxyl groups is 1. The summed E-state index contributed by atoms with van der Waals surface area (Å²) >= 11 is 0. The Bertz CT molecular complexity index is 970. The van der Waals surface area contributed by atoms with Crippen LogP contribution < -0.4 is 19.7 Å². The van der Waals surface area contributed by atoms with Crippen molar-refractivity contribution in [1.29, 1.82) is 0 Å². The second-order valence-electron chi connectivity index (χ2n) is 8.82. The minimum absolute atomic E-state index is 0.103. The van der Waals surface area contributed by atoms with E-state index in [0.29, 0.717) is 30.8 Å². The maximum absolute atomic E-state index is 14.8. The fourth-order valence-electron chi connectivity index (χ4n) is 3.44. The number of hydrogen-bond acceptors (Lipinski definition) is 7. The summed E-state index contributed by atoms with van der Waals surface area (Å²) in [4.78, 5) is 21.6. The molecule has 0 spiro atoms. The fourth-order valence-corrected chi connectivity index (χ4v) is 3.44. The molecule has 1 aromatic carbocycles. The van der Waals surface area contributed by atoms with Gasteiger partial charge in [-0.25, -0.2) is 13.8 Å². The van der Waals surface area contributed by atoms with Crippen LogP contribution in [-0.2, 0) is 4.79 Å². The molecule has 0 radical (unpaired) electrons. The lowest BCUT2D eigenvalue weighted by Gasteiger charge is -2.21. The molecule has 2 unspecified atom stereocenters. The highest BCUT2D eigenvalue weighted by molar-refractivity contribution is 5.83. The average Bonchev–Trinajstić information content (AvgIpc) is 3.24. The Kier molecular flexibility index (Phi) is 8.19. The topological polar surface area (TPSA) is 96.8 Å². The summed E-state index contributed by atoms with van der Waals surface area (Å²) in [6.45, 7) is 4.85. The van der Waals surface area contributed by atoms with Crippen molar-refractivity contribution in [2.45, 2.75) is 51.2 Å². The Morgan fingerprint density at radius 2 is 2.00 bits per heavy atom. The lowest BCUT2D eigenvalue weighted by molar-refractivity contribution is -0.122. The highest BCUT2D eigenvalue weighted by Gasteiger charge is 2.29. The molecule has 1 aliphatic rings. The third-order valence-electron chi connectivity index (χ3n) is 5.25. The van der Waals surface area contributed by atoms with E-state index in [-0.39, 0.29) is 24.4 Å². The molecule has 186 valence electrons. The van der Waals surface area contributed by atoms with Crippen molar-refractivity contribution in [3.05, 3.63) is 42.0 Å². The van der Waals surface area contributed by atoms with Gasteiger partial charge < -0.3 is 24.8 Å². The predicted octanol–water partition coefficient (Wildman–Crippen LogP) is 2.91. The molecular formula is C23H29F3N4O4. The van der Waals surface area contributed by atoms with Crippen LogP contribution in [0.5, 0.6) is 11.6 Å². The minimum Gasteiger partial charge on any atom is -0.489 e. The van der Waals surface area contributed by atoms with Crippen molar-refractivity contribution in [1.82, 2.24) is 15.3 Å². The Morgan fingerprint density at radius 3 is 2.65 bits per heavy atom. The first-order valence-corrected chi connectivity index (χ1v) is 11.0. The number of rotatable bonds is 10. The smallest absolute Gasteiger partial charge is 0.255 e. The lowest BCUT2D eigenvalue weighted by atomic mass is 10.0. The number of hydrogen-bond donors (Lipinski definition) is 2. The quantitative estimate of drug-likeness (QED) is 0.538. The van der Waals surface area contributed by atoms with Crippen molar-refractivity contribution in [3.8, 4) is 11.6 Å². The summed E-state index contributed by atoms with van der Waals surface area (Å²) in [5.41, 5.74) is -0.457. The Labute approximate surface area is 196 Å². The van der Waals surface area contributed by atoms with Gasteiger partial charge in [0.1, 0.15) is 24.8 Å². The number of benzene rings is 1. The second kappa shape index (κ2) is 10.9. The molecule has 1 amide bonds. The Morgan fingerprint density at radius 1 is 1.29 bits per heavy atom. The molecule has 0 bridgehead atoms. The van der Waals surface area contributed by atoms with Crippen LogP contribution in [0.15, 0.2) is 30.6 Å². The minimum atomic E-state index is -2.60. The highest BCUT2D eigenvalue weighted by Crippen LogP contribution is 2.28. The molecule has 1 aliphatic heterocycles. The third kappa shape index (κ3) is 6.96. The van der Waals surface area contributed by atoms with Crippen LogP contribution in [-0.4, -0.2) is 65.4 Å². The van der Waals surface area contributed by atoms with Gasteiger partial charge in [-0.05, 0) is 38.5 Å². The summed E-state index contributed by atoms with van der Waals surface area (Å²) in [5, 5.41) is 12.0. The van der Waals surface area contributed by atoms with Crippen LogP contribution in [0.3, 0.4) is 0 Å². The van der Waals surface area contributed by atoms with Crippen molar-refractivity contribution in [2.24, 2.45) is 0 Å². The maximum Gasteiger partial charge on any atom is 0.255 e. The third-order valence-corrected chi connectivity index (χ3v) is 5.25. The van der Waals surface area contributed by atoms with Crippen molar-refractivity contribution >= 4 is 11.7 Å². The first kappa shape index (κ1) is 25.5.